The number of fused-ring (bicyclic) bond motifs is 1. The third-order valence-corrected chi connectivity index (χ3v) is 6.09. The SMILES string of the molecule is COCCOCOc1ccc2nc(C(=O)c3ccc(OCOCCOC)c(C(C)(C)C)c3)sc2c1. The number of ether oxygens (including phenoxy) is 6. The molecular weight excluding hydrogens is 470 g/mol. The van der Waals surface area contributed by atoms with Crippen LogP contribution in [0.1, 0.15) is 41.7 Å². The molecule has 1 heterocycles. The average molecular weight is 504 g/mol. The van der Waals surface area contributed by atoms with Crippen LogP contribution in [0.5, 0.6) is 11.5 Å². The molecule has 0 unspecified atom stereocenters. The summed E-state index contributed by atoms with van der Waals surface area (Å²) in [6, 6.07) is 11.0. The van der Waals surface area contributed by atoms with E-state index < -0.39 is 0 Å². The van der Waals surface area contributed by atoms with E-state index in [1.54, 1.807) is 20.3 Å². The van der Waals surface area contributed by atoms with E-state index in [1.165, 1.54) is 11.3 Å². The standard InChI is InChI=1S/C26H33NO7S/c1-26(2,3)20-14-18(6-9-22(20)34-17-32-13-11-30-5)24(28)25-27-21-8-7-19(15-23(21)35-25)33-16-31-12-10-29-4/h6-9,14-15H,10-13,16-17H2,1-5H3. The summed E-state index contributed by atoms with van der Waals surface area (Å²) < 4.78 is 33.0. The van der Waals surface area contributed by atoms with Crippen molar-refractivity contribution >= 4 is 27.3 Å². The van der Waals surface area contributed by atoms with Gasteiger partial charge in [-0.1, -0.05) is 20.8 Å². The number of ketones is 1. The third kappa shape index (κ3) is 7.71. The van der Waals surface area contributed by atoms with Crippen molar-refractivity contribution in [3.63, 3.8) is 0 Å². The van der Waals surface area contributed by atoms with E-state index >= 15 is 0 Å². The van der Waals surface area contributed by atoms with Gasteiger partial charge >= 0.3 is 0 Å². The maximum absolute atomic E-state index is 13.3. The molecule has 35 heavy (non-hydrogen) atoms. The minimum Gasteiger partial charge on any atom is -0.468 e. The first-order valence-corrected chi connectivity index (χ1v) is 12.1. The highest BCUT2D eigenvalue weighted by Crippen LogP contribution is 2.34. The van der Waals surface area contributed by atoms with Crippen LogP contribution >= 0.6 is 11.3 Å². The zero-order valence-corrected chi connectivity index (χ0v) is 21.7. The Hall–Kier alpha value is -2.56. The number of thiazole rings is 1. The lowest BCUT2D eigenvalue weighted by molar-refractivity contribution is -0.00920. The molecule has 0 aliphatic rings. The Morgan fingerprint density at radius 1 is 0.886 bits per heavy atom. The van der Waals surface area contributed by atoms with Gasteiger partial charge in [0.15, 0.2) is 18.6 Å². The smallest absolute Gasteiger partial charge is 0.221 e. The van der Waals surface area contributed by atoms with Gasteiger partial charge in [0.1, 0.15) is 11.5 Å². The summed E-state index contributed by atoms with van der Waals surface area (Å²) in [6.07, 6.45) is 0. The fourth-order valence-electron chi connectivity index (χ4n) is 3.22. The Morgan fingerprint density at radius 2 is 1.57 bits per heavy atom. The van der Waals surface area contributed by atoms with E-state index in [0.29, 0.717) is 48.5 Å². The molecule has 0 N–H and O–H groups in total. The van der Waals surface area contributed by atoms with Gasteiger partial charge in [0.25, 0.3) is 0 Å². The number of methoxy groups -OCH3 is 2. The second kappa shape index (κ2) is 12.9. The molecule has 2 aromatic carbocycles. The van der Waals surface area contributed by atoms with Crippen LogP contribution in [0.4, 0.5) is 0 Å². The van der Waals surface area contributed by atoms with Gasteiger partial charge < -0.3 is 28.4 Å². The first-order valence-electron chi connectivity index (χ1n) is 11.3. The number of benzene rings is 2. The predicted octanol–water partition coefficient (Wildman–Crippen LogP) is 4.82. The highest BCUT2D eigenvalue weighted by atomic mass is 32.1. The van der Waals surface area contributed by atoms with Crippen molar-refractivity contribution < 1.29 is 33.2 Å². The maximum Gasteiger partial charge on any atom is 0.221 e. The molecule has 3 rings (SSSR count). The van der Waals surface area contributed by atoms with Crippen LogP contribution in [-0.2, 0) is 24.4 Å². The Balaban J connectivity index is 1.74. The average Bonchev–Trinajstić information content (AvgIpc) is 3.26. The number of carbonyl (C=O) groups excluding carboxylic acids is 1. The van der Waals surface area contributed by atoms with Crippen molar-refractivity contribution in [2.45, 2.75) is 26.2 Å². The highest BCUT2D eigenvalue weighted by Gasteiger charge is 2.23. The minimum absolute atomic E-state index is 0.111. The number of nitrogens with zero attached hydrogens (tertiary/aromatic N) is 1. The number of aromatic nitrogens is 1. The van der Waals surface area contributed by atoms with Crippen molar-refractivity contribution in [3.8, 4) is 11.5 Å². The lowest BCUT2D eigenvalue weighted by Crippen LogP contribution is -2.16. The molecule has 1 aromatic heterocycles. The van der Waals surface area contributed by atoms with E-state index in [0.717, 1.165) is 15.8 Å². The normalized spacial score (nSPS) is 11.7. The fraction of sp³-hybridized carbons (Fsp3) is 0.462. The summed E-state index contributed by atoms with van der Waals surface area (Å²) in [5.41, 5.74) is 1.99. The number of carbonyl (C=O) groups is 1. The van der Waals surface area contributed by atoms with E-state index in [4.69, 9.17) is 28.4 Å². The summed E-state index contributed by atoms with van der Waals surface area (Å²) in [5, 5.41) is 0.421. The zero-order chi connectivity index (χ0) is 25.3. The molecule has 9 heteroatoms. The van der Waals surface area contributed by atoms with E-state index in [9.17, 15) is 4.79 Å². The molecule has 0 aliphatic carbocycles. The molecular formula is C26H33NO7S. The molecule has 8 nitrogen and oxygen atoms in total. The molecule has 0 aliphatic heterocycles. The lowest BCUT2D eigenvalue weighted by Gasteiger charge is -2.23. The number of hydrogen-bond acceptors (Lipinski definition) is 9. The number of hydrogen-bond donors (Lipinski definition) is 0. The van der Waals surface area contributed by atoms with Crippen LogP contribution in [0, 0.1) is 0 Å². The molecule has 0 saturated heterocycles. The second-order valence-electron chi connectivity index (χ2n) is 8.77. The molecule has 0 bridgehead atoms. The largest absolute Gasteiger partial charge is 0.468 e. The van der Waals surface area contributed by atoms with Gasteiger partial charge in [-0.15, -0.1) is 11.3 Å². The van der Waals surface area contributed by atoms with E-state index in [2.05, 4.69) is 25.8 Å². The molecule has 0 amide bonds. The quantitative estimate of drug-likeness (QED) is 0.176. The summed E-state index contributed by atoms with van der Waals surface area (Å²) >= 11 is 1.34. The Morgan fingerprint density at radius 3 is 2.23 bits per heavy atom. The van der Waals surface area contributed by atoms with Crippen LogP contribution < -0.4 is 9.47 Å². The van der Waals surface area contributed by atoms with Gasteiger partial charge in [0.05, 0.1) is 36.6 Å². The van der Waals surface area contributed by atoms with Gasteiger partial charge in [-0.3, -0.25) is 4.79 Å². The van der Waals surface area contributed by atoms with E-state index in [-0.39, 0.29) is 24.8 Å². The van der Waals surface area contributed by atoms with Gasteiger partial charge in [0.2, 0.25) is 5.78 Å². The van der Waals surface area contributed by atoms with Crippen LogP contribution in [0.2, 0.25) is 0 Å². The first-order chi connectivity index (χ1) is 16.8. The minimum atomic E-state index is -0.233. The Kier molecular flexibility index (Phi) is 10.00. The Labute approximate surface area is 210 Å². The van der Waals surface area contributed by atoms with Crippen LogP contribution in [0.25, 0.3) is 10.2 Å². The van der Waals surface area contributed by atoms with Crippen molar-refractivity contribution in [3.05, 3.63) is 52.5 Å². The molecule has 0 radical (unpaired) electrons. The summed E-state index contributed by atoms with van der Waals surface area (Å²) in [7, 11) is 3.24. The first kappa shape index (κ1) is 27.0. The van der Waals surface area contributed by atoms with E-state index in [1.807, 2.05) is 30.3 Å². The molecule has 0 saturated carbocycles. The van der Waals surface area contributed by atoms with Crippen molar-refractivity contribution in [1.29, 1.82) is 0 Å². The summed E-state index contributed by atoms with van der Waals surface area (Å²) in [6.45, 7) is 8.38. The zero-order valence-electron chi connectivity index (χ0n) is 20.9. The second-order valence-corrected chi connectivity index (χ2v) is 9.80. The summed E-state index contributed by atoms with van der Waals surface area (Å²) in [4.78, 5) is 17.8. The van der Waals surface area contributed by atoms with Crippen molar-refractivity contribution in [2.75, 3.05) is 54.2 Å². The van der Waals surface area contributed by atoms with Gasteiger partial charge in [0, 0.05) is 25.3 Å². The van der Waals surface area contributed by atoms with Crippen LogP contribution in [-0.4, -0.2) is 65.0 Å². The van der Waals surface area contributed by atoms with Gasteiger partial charge in [-0.2, -0.15) is 0 Å². The maximum atomic E-state index is 13.3. The lowest BCUT2D eigenvalue weighted by atomic mass is 9.85. The van der Waals surface area contributed by atoms with Crippen molar-refractivity contribution in [1.82, 2.24) is 4.98 Å². The monoisotopic (exact) mass is 503 g/mol. The Bertz CT molecular complexity index is 1110. The van der Waals surface area contributed by atoms with Crippen LogP contribution in [0.15, 0.2) is 36.4 Å². The molecule has 0 fully saturated rings. The highest BCUT2D eigenvalue weighted by molar-refractivity contribution is 7.20. The topological polar surface area (TPSA) is 85.3 Å². The van der Waals surface area contributed by atoms with Gasteiger partial charge in [-0.05, 0) is 41.8 Å². The molecule has 3 aromatic rings. The van der Waals surface area contributed by atoms with Gasteiger partial charge in [-0.25, -0.2) is 4.98 Å². The molecule has 0 spiro atoms. The summed E-state index contributed by atoms with van der Waals surface area (Å²) in [5.74, 6) is 1.21. The number of rotatable bonds is 14. The molecule has 0 atom stereocenters. The fourth-order valence-corrected chi connectivity index (χ4v) is 4.17. The molecule has 190 valence electrons. The predicted molar refractivity (Wildman–Crippen MR) is 135 cm³/mol. The third-order valence-electron chi connectivity index (χ3n) is 5.07. The van der Waals surface area contributed by atoms with Crippen molar-refractivity contribution in [2.24, 2.45) is 0 Å². The van der Waals surface area contributed by atoms with Crippen LogP contribution in [0.3, 0.4) is 0 Å².